The molecule has 0 saturated heterocycles. The lowest BCUT2D eigenvalue weighted by Crippen LogP contribution is -2.31. The second-order valence-corrected chi connectivity index (χ2v) is 8.13. The highest BCUT2D eigenvalue weighted by Gasteiger charge is 2.37. The zero-order valence-electron chi connectivity index (χ0n) is 17.1. The summed E-state index contributed by atoms with van der Waals surface area (Å²) < 4.78 is 70.5. The second-order valence-electron chi connectivity index (χ2n) is 8.13. The number of aryl methyl sites for hydroxylation is 1. The Kier molecular flexibility index (Phi) is 5.17. The van der Waals surface area contributed by atoms with Crippen molar-refractivity contribution in [1.82, 2.24) is 25.1 Å². The largest absolute Gasteiger partial charge is 0.504 e. The van der Waals surface area contributed by atoms with E-state index in [1.165, 1.54) is 0 Å². The molecule has 2 aliphatic carbocycles. The van der Waals surface area contributed by atoms with Crippen molar-refractivity contribution < 1.29 is 31.2 Å². The predicted octanol–water partition coefficient (Wildman–Crippen LogP) is 5.03. The summed E-state index contributed by atoms with van der Waals surface area (Å²) in [6, 6.07) is 2.98. The Hall–Kier alpha value is -3.31. The number of amides is 1. The summed E-state index contributed by atoms with van der Waals surface area (Å²) >= 11 is 0. The van der Waals surface area contributed by atoms with Crippen LogP contribution < -0.4 is 5.32 Å². The number of pyridine rings is 1. The number of rotatable bonds is 5. The smallest absolute Gasteiger partial charge is 0.441 e. The SMILES string of the molecule is O=C(N[C@H]1CCCc2oc(-c3ccnc(C4CC4)c3)nc21)c1cn(C(F)(F)F)nc1C(F)F. The zero-order chi connectivity index (χ0) is 23.3. The van der Waals surface area contributed by atoms with E-state index in [0.29, 0.717) is 42.5 Å². The van der Waals surface area contributed by atoms with Crippen molar-refractivity contribution in [3.8, 4) is 11.5 Å². The van der Waals surface area contributed by atoms with E-state index in [2.05, 4.69) is 20.4 Å². The number of alkyl halides is 5. The molecule has 1 amide bonds. The van der Waals surface area contributed by atoms with E-state index in [-0.39, 0.29) is 6.20 Å². The number of carbonyl (C=O) groups is 1. The fourth-order valence-corrected chi connectivity index (χ4v) is 3.96. The molecule has 3 heterocycles. The lowest BCUT2D eigenvalue weighted by atomic mass is 9.96. The molecule has 1 saturated carbocycles. The Morgan fingerprint density at radius 1 is 1.24 bits per heavy atom. The van der Waals surface area contributed by atoms with Crippen LogP contribution >= 0.6 is 0 Å². The number of oxazole rings is 1. The van der Waals surface area contributed by atoms with Gasteiger partial charge >= 0.3 is 6.30 Å². The third-order valence-electron chi connectivity index (χ3n) is 5.74. The highest BCUT2D eigenvalue weighted by molar-refractivity contribution is 5.95. The summed E-state index contributed by atoms with van der Waals surface area (Å²) in [6.07, 6.45) is -2.63. The maximum absolute atomic E-state index is 13.2. The Morgan fingerprint density at radius 3 is 2.73 bits per heavy atom. The van der Waals surface area contributed by atoms with Gasteiger partial charge in [-0.15, -0.1) is 13.2 Å². The van der Waals surface area contributed by atoms with Gasteiger partial charge in [-0.3, -0.25) is 9.78 Å². The van der Waals surface area contributed by atoms with Crippen LogP contribution in [-0.2, 0) is 12.7 Å². The molecular formula is C21H18F5N5O2. The van der Waals surface area contributed by atoms with E-state index >= 15 is 0 Å². The van der Waals surface area contributed by atoms with Crippen LogP contribution in [0.4, 0.5) is 22.0 Å². The van der Waals surface area contributed by atoms with Crippen LogP contribution in [0.2, 0.25) is 0 Å². The second kappa shape index (κ2) is 7.92. The summed E-state index contributed by atoms with van der Waals surface area (Å²) in [5, 5.41) is 5.38. The summed E-state index contributed by atoms with van der Waals surface area (Å²) in [4.78, 5) is 21.5. The average molecular weight is 467 g/mol. The molecule has 0 radical (unpaired) electrons. The molecule has 5 rings (SSSR count). The predicted molar refractivity (Wildman–Crippen MR) is 103 cm³/mol. The van der Waals surface area contributed by atoms with Crippen molar-refractivity contribution in [1.29, 1.82) is 0 Å². The minimum absolute atomic E-state index is 0.269. The number of fused-ring (bicyclic) bond motifs is 1. The van der Waals surface area contributed by atoms with Gasteiger partial charge in [0.1, 0.15) is 17.1 Å². The van der Waals surface area contributed by atoms with Crippen molar-refractivity contribution in [3.05, 3.63) is 52.9 Å². The maximum Gasteiger partial charge on any atom is 0.504 e. The maximum atomic E-state index is 13.2. The van der Waals surface area contributed by atoms with Crippen LogP contribution in [0.25, 0.3) is 11.5 Å². The van der Waals surface area contributed by atoms with Gasteiger partial charge in [-0.1, -0.05) is 0 Å². The number of aromatic nitrogens is 4. The van der Waals surface area contributed by atoms with Gasteiger partial charge in [0.05, 0.1) is 11.6 Å². The van der Waals surface area contributed by atoms with Crippen molar-refractivity contribution in [2.45, 2.75) is 56.8 Å². The van der Waals surface area contributed by atoms with Crippen molar-refractivity contribution in [2.75, 3.05) is 0 Å². The number of nitrogens with zero attached hydrogens (tertiary/aromatic N) is 4. The number of nitrogens with one attached hydrogen (secondary N) is 1. The molecule has 0 spiro atoms. The molecule has 0 bridgehead atoms. The normalized spacial score (nSPS) is 18.4. The molecule has 174 valence electrons. The van der Waals surface area contributed by atoms with Gasteiger partial charge in [0.25, 0.3) is 12.3 Å². The molecule has 1 fully saturated rings. The summed E-state index contributed by atoms with van der Waals surface area (Å²) in [5.41, 5.74) is 0.0659. The van der Waals surface area contributed by atoms with E-state index in [0.717, 1.165) is 24.1 Å². The lowest BCUT2D eigenvalue weighted by molar-refractivity contribution is -0.212. The first-order chi connectivity index (χ1) is 15.7. The van der Waals surface area contributed by atoms with Gasteiger partial charge in [-0.05, 0) is 37.8 Å². The van der Waals surface area contributed by atoms with E-state index < -0.39 is 40.6 Å². The quantitative estimate of drug-likeness (QED) is 0.532. The van der Waals surface area contributed by atoms with E-state index in [4.69, 9.17) is 4.42 Å². The minimum atomic E-state index is -5.02. The van der Waals surface area contributed by atoms with Gasteiger partial charge in [-0.2, -0.15) is 9.78 Å². The highest BCUT2D eigenvalue weighted by atomic mass is 19.4. The number of halogens is 5. The van der Waals surface area contributed by atoms with E-state index in [9.17, 15) is 26.7 Å². The van der Waals surface area contributed by atoms with Gasteiger partial charge in [0.15, 0.2) is 0 Å². The number of hydrogen-bond acceptors (Lipinski definition) is 5. The average Bonchev–Trinajstić information content (AvgIpc) is 3.34. The van der Waals surface area contributed by atoms with E-state index in [1.807, 2.05) is 6.07 Å². The first-order valence-electron chi connectivity index (χ1n) is 10.4. The summed E-state index contributed by atoms with van der Waals surface area (Å²) in [7, 11) is 0. The fourth-order valence-electron chi connectivity index (χ4n) is 3.96. The van der Waals surface area contributed by atoms with Crippen molar-refractivity contribution >= 4 is 5.91 Å². The van der Waals surface area contributed by atoms with Crippen molar-refractivity contribution in [3.63, 3.8) is 0 Å². The third kappa shape index (κ3) is 4.21. The Morgan fingerprint density at radius 2 is 2.03 bits per heavy atom. The van der Waals surface area contributed by atoms with Crippen LogP contribution in [0.5, 0.6) is 0 Å². The Bertz CT molecular complexity index is 1200. The first-order valence-corrected chi connectivity index (χ1v) is 10.4. The summed E-state index contributed by atoms with van der Waals surface area (Å²) in [5.74, 6) is 0.251. The zero-order valence-corrected chi connectivity index (χ0v) is 17.1. The fraction of sp³-hybridized carbons (Fsp3) is 0.429. The molecule has 1 atom stereocenters. The molecular weight excluding hydrogens is 449 g/mol. The van der Waals surface area contributed by atoms with Gasteiger partial charge < -0.3 is 9.73 Å². The summed E-state index contributed by atoms with van der Waals surface area (Å²) in [6.45, 7) is 0. The van der Waals surface area contributed by atoms with Gasteiger partial charge in [0, 0.05) is 36.0 Å². The number of hydrogen-bond donors (Lipinski definition) is 1. The molecule has 0 aromatic carbocycles. The number of carbonyl (C=O) groups excluding carboxylic acids is 1. The molecule has 0 aliphatic heterocycles. The van der Waals surface area contributed by atoms with Crippen LogP contribution in [0, 0.1) is 0 Å². The lowest BCUT2D eigenvalue weighted by Gasteiger charge is -2.21. The first kappa shape index (κ1) is 21.5. The molecule has 12 heteroatoms. The van der Waals surface area contributed by atoms with Crippen molar-refractivity contribution in [2.24, 2.45) is 0 Å². The van der Waals surface area contributed by atoms with Gasteiger partial charge in [-0.25, -0.2) is 13.8 Å². The van der Waals surface area contributed by atoms with Crippen LogP contribution in [0.3, 0.4) is 0 Å². The Balaban J connectivity index is 1.41. The van der Waals surface area contributed by atoms with Crippen LogP contribution in [0.15, 0.2) is 28.9 Å². The topological polar surface area (TPSA) is 85.8 Å². The Labute approximate surface area is 184 Å². The standard InChI is InChI=1S/C21H18F5N5O2/c22-18(23)16-12(9-31(30-16)21(24,25)26)19(32)28-13-2-1-3-15-17(13)29-20(33-15)11-6-7-27-14(8-11)10-4-5-10/h6-10,13,18H,1-5H2,(H,28,32)/t13-/m0/s1. The minimum Gasteiger partial charge on any atom is -0.441 e. The molecule has 2 aliphatic rings. The van der Waals surface area contributed by atoms with Gasteiger partial charge in [0.2, 0.25) is 5.89 Å². The third-order valence-corrected chi connectivity index (χ3v) is 5.74. The molecule has 33 heavy (non-hydrogen) atoms. The monoisotopic (exact) mass is 467 g/mol. The highest BCUT2D eigenvalue weighted by Crippen LogP contribution is 2.40. The van der Waals surface area contributed by atoms with Crippen LogP contribution in [-0.4, -0.2) is 25.7 Å². The molecule has 3 aromatic rings. The molecule has 0 unspecified atom stereocenters. The molecule has 1 N–H and O–H groups in total. The molecule has 7 nitrogen and oxygen atoms in total. The van der Waals surface area contributed by atoms with E-state index in [1.54, 1.807) is 12.3 Å². The van der Waals surface area contributed by atoms with Crippen LogP contribution in [0.1, 0.15) is 77.3 Å². The molecule has 3 aromatic heterocycles.